The Hall–Kier alpha value is -1.32. The van der Waals surface area contributed by atoms with E-state index in [4.69, 9.17) is 11.5 Å². The van der Waals surface area contributed by atoms with Gasteiger partial charge < -0.3 is 11.5 Å². The van der Waals surface area contributed by atoms with Gasteiger partial charge in [-0.2, -0.15) is 0 Å². The van der Waals surface area contributed by atoms with Crippen molar-refractivity contribution in [2.75, 3.05) is 11.5 Å². The molecule has 1 rings (SSSR count). The second-order valence-corrected chi connectivity index (χ2v) is 2.77. The Morgan fingerprint density at radius 1 is 1.25 bits per heavy atom. The average Bonchev–Trinajstić information content (AvgIpc) is 2.01. The topological polar surface area (TPSA) is 77.8 Å². The predicted octanol–water partition coefficient (Wildman–Crippen LogP) is 0.902. The van der Waals surface area contributed by atoms with Crippen molar-refractivity contribution in [3.63, 3.8) is 0 Å². The van der Waals surface area contributed by atoms with E-state index in [9.17, 15) is 0 Å². The Morgan fingerprint density at radius 2 is 1.92 bits per heavy atom. The highest BCUT2D eigenvalue weighted by Gasteiger charge is 2.04. The maximum absolute atomic E-state index is 5.60. The van der Waals surface area contributed by atoms with Crippen LogP contribution in [0.4, 0.5) is 11.5 Å². The number of aromatic nitrogens is 2. The van der Waals surface area contributed by atoms with Crippen LogP contribution in [0.2, 0.25) is 0 Å². The van der Waals surface area contributed by atoms with Crippen molar-refractivity contribution in [1.82, 2.24) is 9.97 Å². The molecule has 0 amide bonds. The van der Waals surface area contributed by atoms with Gasteiger partial charge in [-0.1, -0.05) is 6.92 Å². The molecule has 1 heterocycles. The van der Waals surface area contributed by atoms with Crippen molar-refractivity contribution in [1.29, 1.82) is 0 Å². The molecule has 0 saturated heterocycles. The van der Waals surface area contributed by atoms with Gasteiger partial charge in [-0.05, 0) is 13.3 Å². The molecule has 0 spiro atoms. The zero-order valence-corrected chi connectivity index (χ0v) is 7.46. The number of aryl methyl sites for hydroxylation is 2. The van der Waals surface area contributed by atoms with Crippen molar-refractivity contribution in [3.8, 4) is 0 Å². The SMILES string of the molecule is CCCc1nc(C)c(N)c(N)n1. The van der Waals surface area contributed by atoms with Crippen molar-refractivity contribution >= 4 is 11.5 Å². The fourth-order valence-electron chi connectivity index (χ4n) is 0.999. The van der Waals surface area contributed by atoms with Crippen LogP contribution in [0.1, 0.15) is 24.9 Å². The van der Waals surface area contributed by atoms with E-state index < -0.39 is 0 Å². The first-order valence-electron chi connectivity index (χ1n) is 4.03. The third kappa shape index (κ3) is 1.64. The molecule has 0 aromatic carbocycles. The van der Waals surface area contributed by atoms with Crippen molar-refractivity contribution in [2.24, 2.45) is 0 Å². The molecule has 0 bridgehead atoms. The Kier molecular flexibility index (Phi) is 2.47. The fourth-order valence-corrected chi connectivity index (χ4v) is 0.999. The standard InChI is InChI=1S/C8H14N4/c1-3-4-6-11-5(2)7(9)8(10)12-6/h3-4,9H2,1-2H3,(H2,10,11,12). The summed E-state index contributed by atoms with van der Waals surface area (Å²) in [7, 11) is 0. The summed E-state index contributed by atoms with van der Waals surface area (Å²) in [4.78, 5) is 8.27. The molecule has 4 nitrogen and oxygen atoms in total. The molecule has 0 aliphatic heterocycles. The van der Waals surface area contributed by atoms with Gasteiger partial charge in [-0.3, -0.25) is 0 Å². The van der Waals surface area contributed by atoms with E-state index in [0.29, 0.717) is 11.5 Å². The maximum atomic E-state index is 5.60. The van der Waals surface area contributed by atoms with E-state index in [1.165, 1.54) is 0 Å². The first kappa shape index (κ1) is 8.77. The second kappa shape index (κ2) is 3.38. The molecular weight excluding hydrogens is 152 g/mol. The predicted molar refractivity (Wildman–Crippen MR) is 49.6 cm³/mol. The third-order valence-corrected chi connectivity index (χ3v) is 1.69. The smallest absolute Gasteiger partial charge is 0.150 e. The summed E-state index contributed by atoms with van der Waals surface area (Å²) in [6.45, 7) is 3.91. The molecule has 1 aromatic heterocycles. The molecule has 66 valence electrons. The lowest BCUT2D eigenvalue weighted by molar-refractivity contribution is 0.830. The van der Waals surface area contributed by atoms with Gasteiger partial charge in [0.25, 0.3) is 0 Å². The van der Waals surface area contributed by atoms with Gasteiger partial charge in [0.2, 0.25) is 0 Å². The lowest BCUT2D eigenvalue weighted by atomic mass is 10.3. The summed E-state index contributed by atoms with van der Waals surface area (Å²) in [5.41, 5.74) is 12.4. The zero-order valence-electron chi connectivity index (χ0n) is 7.46. The Bertz CT molecular complexity index is 259. The lowest BCUT2D eigenvalue weighted by Gasteiger charge is -2.04. The largest absolute Gasteiger partial charge is 0.394 e. The minimum absolute atomic E-state index is 0.394. The van der Waals surface area contributed by atoms with E-state index in [1.807, 2.05) is 6.92 Å². The van der Waals surface area contributed by atoms with Gasteiger partial charge in [0.1, 0.15) is 5.82 Å². The van der Waals surface area contributed by atoms with Crippen LogP contribution >= 0.6 is 0 Å². The monoisotopic (exact) mass is 166 g/mol. The van der Waals surface area contributed by atoms with E-state index >= 15 is 0 Å². The molecule has 0 atom stereocenters. The normalized spacial score (nSPS) is 10.2. The Balaban J connectivity index is 3.04. The number of hydrogen-bond donors (Lipinski definition) is 2. The zero-order chi connectivity index (χ0) is 9.14. The number of anilines is 2. The van der Waals surface area contributed by atoms with Gasteiger partial charge in [0.05, 0.1) is 11.4 Å². The van der Waals surface area contributed by atoms with Crippen LogP contribution in [0, 0.1) is 6.92 Å². The van der Waals surface area contributed by atoms with Crippen LogP contribution < -0.4 is 11.5 Å². The fraction of sp³-hybridized carbons (Fsp3) is 0.500. The quantitative estimate of drug-likeness (QED) is 0.684. The molecule has 0 aliphatic rings. The molecule has 0 aliphatic carbocycles. The summed E-state index contributed by atoms with van der Waals surface area (Å²) >= 11 is 0. The minimum atomic E-state index is 0.394. The molecular formula is C8H14N4. The van der Waals surface area contributed by atoms with E-state index in [-0.39, 0.29) is 0 Å². The molecule has 1 aromatic rings. The summed E-state index contributed by atoms with van der Waals surface area (Å²) < 4.78 is 0. The minimum Gasteiger partial charge on any atom is -0.394 e. The molecule has 0 radical (unpaired) electrons. The average molecular weight is 166 g/mol. The van der Waals surface area contributed by atoms with Crippen LogP contribution in [0.15, 0.2) is 0 Å². The number of nitrogens with two attached hydrogens (primary N) is 2. The molecule has 4 heteroatoms. The third-order valence-electron chi connectivity index (χ3n) is 1.69. The summed E-state index contributed by atoms with van der Waals surface area (Å²) in [6.07, 6.45) is 1.87. The first-order valence-corrected chi connectivity index (χ1v) is 4.03. The van der Waals surface area contributed by atoms with Gasteiger partial charge in [-0.25, -0.2) is 9.97 Å². The Labute approximate surface area is 72.0 Å². The van der Waals surface area contributed by atoms with Gasteiger partial charge in [-0.15, -0.1) is 0 Å². The van der Waals surface area contributed by atoms with Crippen LogP contribution in [0.25, 0.3) is 0 Å². The van der Waals surface area contributed by atoms with Gasteiger partial charge >= 0.3 is 0 Å². The maximum Gasteiger partial charge on any atom is 0.150 e. The Morgan fingerprint density at radius 3 is 2.42 bits per heavy atom. The van der Waals surface area contributed by atoms with Crippen LogP contribution in [0.3, 0.4) is 0 Å². The molecule has 0 fully saturated rings. The van der Waals surface area contributed by atoms with E-state index in [1.54, 1.807) is 0 Å². The number of rotatable bonds is 2. The molecule has 4 N–H and O–H groups in total. The highest BCUT2D eigenvalue weighted by Crippen LogP contribution is 2.14. The summed E-state index contributed by atoms with van der Waals surface area (Å²) in [5.74, 6) is 1.17. The lowest BCUT2D eigenvalue weighted by Crippen LogP contribution is -2.06. The second-order valence-electron chi connectivity index (χ2n) is 2.77. The molecule has 0 saturated carbocycles. The van der Waals surface area contributed by atoms with Crippen LogP contribution in [-0.4, -0.2) is 9.97 Å². The van der Waals surface area contributed by atoms with Crippen molar-refractivity contribution in [3.05, 3.63) is 11.5 Å². The summed E-state index contributed by atoms with van der Waals surface area (Å²) in [5, 5.41) is 0. The number of hydrogen-bond acceptors (Lipinski definition) is 4. The van der Waals surface area contributed by atoms with Crippen LogP contribution in [0.5, 0.6) is 0 Å². The van der Waals surface area contributed by atoms with Crippen molar-refractivity contribution in [2.45, 2.75) is 26.7 Å². The molecule has 0 unspecified atom stereocenters. The van der Waals surface area contributed by atoms with Gasteiger partial charge in [0.15, 0.2) is 5.82 Å². The number of nitrogen functional groups attached to an aromatic ring is 2. The molecule has 12 heavy (non-hydrogen) atoms. The van der Waals surface area contributed by atoms with Crippen molar-refractivity contribution < 1.29 is 0 Å². The highest BCUT2D eigenvalue weighted by atomic mass is 15.0. The van der Waals surface area contributed by atoms with E-state index in [2.05, 4.69) is 16.9 Å². The highest BCUT2D eigenvalue weighted by molar-refractivity contribution is 5.60. The summed E-state index contributed by atoms with van der Waals surface area (Å²) in [6, 6.07) is 0. The van der Waals surface area contributed by atoms with E-state index in [0.717, 1.165) is 24.4 Å². The first-order chi connectivity index (χ1) is 5.65. The number of nitrogens with zero attached hydrogens (tertiary/aromatic N) is 2. The van der Waals surface area contributed by atoms with Gasteiger partial charge in [0, 0.05) is 6.42 Å². The van der Waals surface area contributed by atoms with Crippen LogP contribution in [-0.2, 0) is 6.42 Å².